The second-order valence-electron chi connectivity index (χ2n) is 5.54. The third-order valence-corrected chi connectivity index (χ3v) is 4.00. The molecule has 1 aromatic rings. The fourth-order valence-corrected chi connectivity index (χ4v) is 3.03. The van der Waals surface area contributed by atoms with Crippen LogP contribution in [0, 0.1) is 48.8 Å². The van der Waals surface area contributed by atoms with Gasteiger partial charge in [0.2, 0.25) is 0 Å². The normalized spacial score (nSPS) is 17.6. The first-order chi connectivity index (χ1) is 9.01. The van der Waals surface area contributed by atoms with Crippen molar-refractivity contribution in [2.24, 2.45) is 5.41 Å². The molecular weight excluding hydrogens is 234 g/mol. The predicted molar refractivity (Wildman–Crippen MR) is 75.8 cm³/mol. The molecule has 19 heavy (non-hydrogen) atoms. The smallest absolute Gasteiger partial charge is 0.147 e. The molecule has 1 heterocycles. The van der Waals surface area contributed by atoms with Gasteiger partial charge in [0.1, 0.15) is 5.41 Å². The molecule has 0 unspecified atom stereocenters. The van der Waals surface area contributed by atoms with Crippen LogP contribution < -0.4 is 4.90 Å². The lowest BCUT2D eigenvalue weighted by Crippen LogP contribution is -2.39. The molecule has 0 bridgehead atoms. The molecule has 2 rings (SSSR count). The molecule has 0 spiro atoms. The summed E-state index contributed by atoms with van der Waals surface area (Å²) in [5.74, 6) is 0. The summed E-state index contributed by atoms with van der Waals surface area (Å²) in [4.78, 5) is 2.32. The van der Waals surface area contributed by atoms with Crippen LogP contribution in [-0.4, -0.2) is 13.1 Å². The van der Waals surface area contributed by atoms with E-state index in [9.17, 15) is 0 Å². The lowest BCUT2D eigenvalue weighted by molar-refractivity contribution is 0.393. The lowest BCUT2D eigenvalue weighted by atomic mass is 9.81. The first-order valence-electron chi connectivity index (χ1n) is 6.67. The zero-order chi connectivity index (χ0) is 14.0. The molecule has 1 aliphatic rings. The van der Waals surface area contributed by atoms with Crippen molar-refractivity contribution in [2.75, 3.05) is 18.0 Å². The van der Waals surface area contributed by atoms with E-state index in [1.165, 1.54) is 22.4 Å². The fraction of sp³-hybridized carbons (Fsp3) is 0.500. The number of nitriles is 2. The Hall–Kier alpha value is -2.00. The molecular formula is C16H19N3. The fourth-order valence-electron chi connectivity index (χ4n) is 3.03. The van der Waals surface area contributed by atoms with Gasteiger partial charge in [0.25, 0.3) is 0 Å². The van der Waals surface area contributed by atoms with Crippen LogP contribution in [0.25, 0.3) is 0 Å². The molecule has 0 radical (unpaired) electrons. The molecule has 0 amide bonds. The van der Waals surface area contributed by atoms with Crippen molar-refractivity contribution in [2.45, 2.75) is 33.6 Å². The van der Waals surface area contributed by atoms with Gasteiger partial charge in [-0.25, -0.2) is 0 Å². The van der Waals surface area contributed by atoms with E-state index in [4.69, 9.17) is 10.5 Å². The molecule has 1 aliphatic heterocycles. The maximum Gasteiger partial charge on any atom is 0.147 e. The summed E-state index contributed by atoms with van der Waals surface area (Å²) in [6, 6.07) is 8.77. The van der Waals surface area contributed by atoms with E-state index in [0.29, 0.717) is 12.8 Å². The highest BCUT2D eigenvalue weighted by molar-refractivity contribution is 5.60. The largest absolute Gasteiger partial charge is 0.371 e. The summed E-state index contributed by atoms with van der Waals surface area (Å²) >= 11 is 0. The molecule has 98 valence electrons. The second kappa shape index (κ2) is 4.94. The molecule has 0 aliphatic carbocycles. The molecule has 0 aromatic heterocycles. The van der Waals surface area contributed by atoms with Gasteiger partial charge in [-0.3, -0.25) is 0 Å². The van der Waals surface area contributed by atoms with Crippen molar-refractivity contribution < 1.29 is 0 Å². The Kier molecular flexibility index (Phi) is 3.49. The minimum absolute atomic E-state index is 0.632. The van der Waals surface area contributed by atoms with E-state index in [0.717, 1.165) is 13.1 Å². The number of hydrogen-bond donors (Lipinski definition) is 0. The molecule has 0 N–H and O–H groups in total. The molecule has 0 saturated carbocycles. The number of piperidine rings is 1. The Morgan fingerprint density at radius 1 is 1.00 bits per heavy atom. The van der Waals surface area contributed by atoms with Crippen molar-refractivity contribution in [1.29, 1.82) is 10.5 Å². The summed E-state index contributed by atoms with van der Waals surface area (Å²) in [6.07, 6.45) is 1.26. The van der Waals surface area contributed by atoms with Gasteiger partial charge in [-0.05, 0) is 44.7 Å². The van der Waals surface area contributed by atoms with Gasteiger partial charge in [0.15, 0.2) is 0 Å². The number of anilines is 1. The van der Waals surface area contributed by atoms with Crippen molar-refractivity contribution in [1.82, 2.24) is 0 Å². The average Bonchev–Trinajstić information content (AvgIpc) is 2.39. The number of rotatable bonds is 1. The SMILES string of the molecule is Cc1cc(C)c(N2CCC(C#N)(C#N)CC2)c(C)c1. The van der Waals surface area contributed by atoms with Crippen LogP contribution >= 0.6 is 0 Å². The maximum absolute atomic E-state index is 9.15. The van der Waals surface area contributed by atoms with Gasteiger partial charge >= 0.3 is 0 Å². The first kappa shape index (κ1) is 13.4. The number of nitrogens with zero attached hydrogens (tertiary/aromatic N) is 3. The first-order valence-corrected chi connectivity index (χ1v) is 6.67. The van der Waals surface area contributed by atoms with Crippen LogP contribution in [0.2, 0.25) is 0 Å². The van der Waals surface area contributed by atoms with Gasteiger partial charge in [0.05, 0.1) is 12.1 Å². The summed E-state index contributed by atoms with van der Waals surface area (Å²) < 4.78 is 0. The highest BCUT2D eigenvalue weighted by atomic mass is 15.1. The van der Waals surface area contributed by atoms with E-state index in [-0.39, 0.29) is 0 Å². The molecule has 3 nitrogen and oxygen atoms in total. The maximum atomic E-state index is 9.15. The number of hydrogen-bond acceptors (Lipinski definition) is 3. The molecule has 0 atom stereocenters. The van der Waals surface area contributed by atoms with Gasteiger partial charge in [-0.15, -0.1) is 0 Å². The standard InChI is InChI=1S/C16H19N3/c1-12-8-13(2)15(14(3)9-12)19-6-4-16(10-17,11-18)5-7-19/h8-9H,4-7H2,1-3H3. The van der Waals surface area contributed by atoms with Gasteiger partial charge < -0.3 is 4.90 Å². The van der Waals surface area contributed by atoms with Crippen LogP contribution in [-0.2, 0) is 0 Å². The highest BCUT2D eigenvalue weighted by Gasteiger charge is 2.35. The quantitative estimate of drug-likeness (QED) is 0.772. The minimum Gasteiger partial charge on any atom is -0.371 e. The van der Waals surface area contributed by atoms with Gasteiger partial charge in [-0.2, -0.15) is 10.5 Å². The lowest BCUT2D eigenvalue weighted by Gasteiger charge is -2.36. The van der Waals surface area contributed by atoms with Crippen LogP contribution in [0.15, 0.2) is 12.1 Å². The second-order valence-corrected chi connectivity index (χ2v) is 5.54. The van der Waals surface area contributed by atoms with Crippen LogP contribution in [0.1, 0.15) is 29.5 Å². The Morgan fingerprint density at radius 2 is 1.47 bits per heavy atom. The minimum atomic E-state index is -0.775. The third-order valence-electron chi connectivity index (χ3n) is 4.00. The average molecular weight is 253 g/mol. The van der Waals surface area contributed by atoms with Crippen molar-refractivity contribution in [3.8, 4) is 12.1 Å². The topological polar surface area (TPSA) is 50.8 Å². The monoisotopic (exact) mass is 253 g/mol. The van der Waals surface area contributed by atoms with Crippen molar-refractivity contribution >= 4 is 5.69 Å². The van der Waals surface area contributed by atoms with Gasteiger partial charge in [-0.1, -0.05) is 17.7 Å². The van der Waals surface area contributed by atoms with Crippen LogP contribution in [0.4, 0.5) is 5.69 Å². The van der Waals surface area contributed by atoms with Crippen LogP contribution in [0.5, 0.6) is 0 Å². The molecule has 3 heteroatoms. The van der Waals surface area contributed by atoms with E-state index < -0.39 is 5.41 Å². The zero-order valence-corrected chi connectivity index (χ0v) is 11.8. The molecule has 1 aromatic carbocycles. The summed E-state index contributed by atoms with van der Waals surface area (Å²) in [5, 5.41) is 18.3. The third kappa shape index (κ3) is 2.42. The van der Waals surface area contributed by atoms with E-state index in [2.05, 4.69) is 49.9 Å². The van der Waals surface area contributed by atoms with Crippen molar-refractivity contribution in [3.05, 3.63) is 28.8 Å². The predicted octanol–water partition coefficient (Wildman–Crippen LogP) is 3.25. The Morgan fingerprint density at radius 3 is 1.89 bits per heavy atom. The summed E-state index contributed by atoms with van der Waals surface area (Å²) in [5.41, 5.74) is 4.33. The van der Waals surface area contributed by atoms with E-state index >= 15 is 0 Å². The van der Waals surface area contributed by atoms with Crippen molar-refractivity contribution in [3.63, 3.8) is 0 Å². The molecule has 1 fully saturated rings. The Balaban J connectivity index is 2.24. The van der Waals surface area contributed by atoms with Crippen LogP contribution in [0.3, 0.4) is 0 Å². The Labute approximate surface area is 115 Å². The van der Waals surface area contributed by atoms with Gasteiger partial charge in [0, 0.05) is 18.8 Å². The highest BCUT2D eigenvalue weighted by Crippen LogP contribution is 2.35. The van der Waals surface area contributed by atoms with E-state index in [1.54, 1.807) is 0 Å². The zero-order valence-electron chi connectivity index (χ0n) is 11.8. The molecule has 1 saturated heterocycles. The summed E-state index contributed by atoms with van der Waals surface area (Å²) in [6.45, 7) is 7.94. The van der Waals surface area contributed by atoms with E-state index in [1.807, 2.05) is 0 Å². The number of aryl methyl sites for hydroxylation is 3. The Bertz CT molecular complexity index is 528. The number of benzene rings is 1. The summed E-state index contributed by atoms with van der Waals surface area (Å²) in [7, 11) is 0.